The number of rotatable bonds is 7. The Labute approximate surface area is 180 Å². The second-order valence-corrected chi connectivity index (χ2v) is 9.94. The third-order valence-electron chi connectivity index (χ3n) is 4.51. The highest BCUT2D eigenvalue weighted by atomic mass is 32.2. The smallest absolute Gasteiger partial charge is 0.254 e. The third kappa shape index (κ3) is 5.18. The molecule has 0 aliphatic heterocycles. The number of nitrogens with two attached hydrogens (primary N) is 1. The molecule has 10 nitrogen and oxygen atoms in total. The molecule has 3 rings (SSSR count). The summed E-state index contributed by atoms with van der Waals surface area (Å²) in [4.78, 5) is 20.9. The molecule has 0 bridgehead atoms. The Morgan fingerprint density at radius 3 is 2.32 bits per heavy atom. The second kappa shape index (κ2) is 8.34. The number of hydrogen-bond donors (Lipinski definition) is 4. The van der Waals surface area contributed by atoms with Crippen LogP contribution in [0.1, 0.15) is 43.7 Å². The van der Waals surface area contributed by atoms with E-state index in [4.69, 9.17) is 5.73 Å². The van der Waals surface area contributed by atoms with E-state index in [0.717, 1.165) is 5.69 Å². The summed E-state index contributed by atoms with van der Waals surface area (Å²) in [5.41, 5.74) is 7.87. The minimum absolute atomic E-state index is 0.0320. The molecule has 164 valence electrons. The van der Waals surface area contributed by atoms with Crippen LogP contribution in [0.5, 0.6) is 0 Å². The topological polar surface area (TPSA) is 156 Å². The fourth-order valence-corrected chi connectivity index (χ4v) is 3.38. The van der Waals surface area contributed by atoms with E-state index >= 15 is 0 Å². The van der Waals surface area contributed by atoms with Crippen molar-refractivity contribution in [2.75, 3.05) is 15.8 Å². The van der Waals surface area contributed by atoms with E-state index in [1.54, 1.807) is 43.6 Å². The van der Waals surface area contributed by atoms with E-state index in [1.165, 1.54) is 0 Å². The van der Waals surface area contributed by atoms with Crippen LogP contribution in [0.2, 0.25) is 0 Å². The van der Waals surface area contributed by atoms with Crippen molar-refractivity contribution < 1.29 is 13.2 Å². The highest BCUT2D eigenvalue weighted by Gasteiger charge is 2.21. The van der Waals surface area contributed by atoms with Crippen molar-refractivity contribution in [1.29, 1.82) is 0 Å². The number of hydrogen-bond acceptors (Lipinski definition) is 7. The van der Waals surface area contributed by atoms with E-state index in [9.17, 15) is 13.2 Å². The molecule has 1 amide bonds. The van der Waals surface area contributed by atoms with E-state index in [-0.39, 0.29) is 22.5 Å². The maximum atomic E-state index is 12.1. The Morgan fingerprint density at radius 1 is 1.13 bits per heavy atom. The molecular weight excluding hydrogens is 418 g/mol. The van der Waals surface area contributed by atoms with Gasteiger partial charge in [0, 0.05) is 16.7 Å². The normalized spacial score (nSPS) is 11.9. The zero-order valence-electron chi connectivity index (χ0n) is 17.7. The van der Waals surface area contributed by atoms with Crippen LogP contribution in [-0.4, -0.2) is 40.2 Å². The molecule has 0 radical (unpaired) electrons. The first-order valence-electron chi connectivity index (χ1n) is 9.59. The highest BCUT2D eigenvalue weighted by molar-refractivity contribution is 7.92. The molecule has 2 heterocycles. The van der Waals surface area contributed by atoms with Gasteiger partial charge in [-0.2, -0.15) is 5.10 Å². The van der Waals surface area contributed by atoms with Crippen LogP contribution >= 0.6 is 0 Å². The lowest BCUT2D eigenvalue weighted by Gasteiger charge is -2.17. The van der Waals surface area contributed by atoms with Crippen LogP contribution in [0.4, 0.5) is 17.3 Å². The molecule has 0 atom stereocenters. The first-order chi connectivity index (χ1) is 14.5. The van der Waals surface area contributed by atoms with E-state index in [0.29, 0.717) is 22.8 Å². The first kappa shape index (κ1) is 22.2. The predicted octanol–water partition coefficient (Wildman–Crippen LogP) is 2.77. The molecule has 3 aromatic rings. The lowest BCUT2D eigenvalue weighted by Crippen LogP contribution is -2.15. The van der Waals surface area contributed by atoms with Gasteiger partial charge in [0.05, 0.1) is 29.5 Å². The average Bonchev–Trinajstić information content (AvgIpc) is 3.12. The number of nitrogens with one attached hydrogen (secondary N) is 3. The van der Waals surface area contributed by atoms with Crippen molar-refractivity contribution in [3.05, 3.63) is 47.9 Å². The number of sulfonamides is 1. The van der Waals surface area contributed by atoms with Crippen molar-refractivity contribution in [3.8, 4) is 11.3 Å². The average molecular weight is 444 g/mol. The number of anilines is 3. The SMILES string of the molecule is CCS(=O)(=O)Nc1ccc(-c2[nH]nc(Nc3cnc(C(C)(C)C)cn3)c2C(N)=O)cc1. The van der Waals surface area contributed by atoms with Crippen LogP contribution < -0.4 is 15.8 Å². The molecule has 1 aromatic carbocycles. The molecule has 0 unspecified atom stereocenters. The number of nitrogens with zero attached hydrogens (tertiary/aromatic N) is 3. The summed E-state index contributed by atoms with van der Waals surface area (Å²) >= 11 is 0. The lowest BCUT2D eigenvalue weighted by molar-refractivity contribution is 0.100. The molecule has 0 fully saturated rings. The van der Waals surface area contributed by atoms with Crippen LogP contribution in [0, 0.1) is 0 Å². The predicted molar refractivity (Wildman–Crippen MR) is 120 cm³/mol. The van der Waals surface area contributed by atoms with Gasteiger partial charge in [0.2, 0.25) is 10.0 Å². The quantitative estimate of drug-likeness (QED) is 0.437. The maximum absolute atomic E-state index is 12.1. The molecule has 31 heavy (non-hydrogen) atoms. The molecule has 0 aliphatic carbocycles. The zero-order chi connectivity index (χ0) is 22.8. The van der Waals surface area contributed by atoms with E-state index in [1.807, 2.05) is 20.8 Å². The number of aromatic amines is 1. The molecule has 0 spiro atoms. The van der Waals surface area contributed by atoms with Crippen LogP contribution in [-0.2, 0) is 15.4 Å². The Kier molecular flexibility index (Phi) is 5.98. The summed E-state index contributed by atoms with van der Waals surface area (Å²) in [5, 5.41) is 9.93. The van der Waals surface area contributed by atoms with Crippen molar-refractivity contribution in [2.45, 2.75) is 33.1 Å². The number of amides is 1. The third-order valence-corrected chi connectivity index (χ3v) is 5.81. The van der Waals surface area contributed by atoms with Gasteiger partial charge in [-0.3, -0.25) is 19.6 Å². The zero-order valence-corrected chi connectivity index (χ0v) is 18.5. The van der Waals surface area contributed by atoms with Gasteiger partial charge in [-0.25, -0.2) is 13.4 Å². The molecular formula is C20H25N7O3S. The number of aromatic nitrogens is 4. The summed E-state index contributed by atoms with van der Waals surface area (Å²) in [6.45, 7) is 7.66. The number of carbonyl (C=O) groups is 1. The largest absolute Gasteiger partial charge is 0.365 e. The van der Waals surface area contributed by atoms with E-state index < -0.39 is 15.9 Å². The van der Waals surface area contributed by atoms with Gasteiger partial charge in [-0.1, -0.05) is 32.9 Å². The van der Waals surface area contributed by atoms with Crippen molar-refractivity contribution in [3.63, 3.8) is 0 Å². The summed E-state index contributed by atoms with van der Waals surface area (Å²) < 4.78 is 25.9. The Balaban J connectivity index is 1.88. The highest BCUT2D eigenvalue weighted by Crippen LogP contribution is 2.29. The fourth-order valence-electron chi connectivity index (χ4n) is 2.74. The maximum Gasteiger partial charge on any atom is 0.254 e. The van der Waals surface area contributed by atoms with Crippen LogP contribution in [0.3, 0.4) is 0 Å². The van der Waals surface area contributed by atoms with Gasteiger partial charge in [-0.05, 0) is 19.1 Å². The van der Waals surface area contributed by atoms with Gasteiger partial charge in [0.25, 0.3) is 5.91 Å². The van der Waals surface area contributed by atoms with Crippen molar-refractivity contribution >= 4 is 33.3 Å². The Bertz CT molecular complexity index is 1180. The molecule has 2 aromatic heterocycles. The van der Waals surface area contributed by atoms with Gasteiger partial charge < -0.3 is 11.1 Å². The number of H-pyrrole nitrogens is 1. The molecule has 0 aliphatic rings. The Hall–Kier alpha value is -3.47. The summed E-state index contributed by atoms with van der Waals surface area (Å²) in [6.07, 6.45) is 3.23. The summed E-state index contributed by atoms with van der Waals surface area (Å²) in [5.74, 6) is -0.0781. The first-order valence-corrected chi connectivity index (χ1v) is 11.2. The Morgan fingerprint density at radius 2 is 1.81 bits per heavy atom. The van der Waals surface area contributed by atoms with Crippen molar-refractivity contribution in [2.24, 2.45) is 5.73 Å². The minimum Gasteiger partial charge on any atom is -0.365 e. The molecule has 0 saturated heterocycles. The lowest BCUT2D eigenvalue weighted by atomic mass is 9.93. The number of benzene rings is 1. The minimum atomic E-state index is -3.38. The molecule has 5 N–H and O–H groups in total. The number of primary amides is 1. The van der Waals surface area contributed by atoms with Gasteiger partial charge >= 0.3 is 0 Å². The second-order valence-electron chi connectivity index (χ2n) is 7.93. The summed E-state index contributed by atoms with van der Waals surface area (Å²) in [7, 11) is -3.38. The monoisotopic (exact) mass is 443 g/mol. The summed E-state index contributed by atoms with van der Waals surface area (Å²) in [6, 6.07) is 6.51. The molecule has 0 saturated carbocycles. The van der Waals surface area contributed by atoms with Crippen molar-refractivity contribution in [1.82, 2.24) is 20.2 Å². The van der Waals surface area contributed by atoms with Gasteiger partial charge in [-0.15, -0.1) is 0 Å². The van der Waals surface area contributed by atoms with Crippen LogP contribution in [0.25, 0.3) is 11.3 Å². The standard InChI is InChI=1S/C20H25N7O3S/c1-5-31(29,30)27-13-8-6-12(7-9-13)17-16(18(21)28)19(26-25-17)24-15-11-22-14(10-23-15)20(2,3)4/h6-11,27H,5H2,1-4H3,(H2,21,28)(H2,23,24,25,26). The van der Waals surface area contributed by atoms with Gasteiger partial charge in [0.1, 0.15) is 11.4 Å². The number of carbonyl (C=O) groups excluding carboxylic acids is 1. The van der Waals surface area contributed by atoms with E-state index in [2.05, 4.69) is 30.2 Å². The fraction of sp³-hybridized carbons (Fsp3) is 0.300. The van der Waals surface area contributed by atoms with Crippen LogP contribution in [0.15, 0.2) is 36.7 Å². The molecule has 11 heteroatoms. The van der Waals surface area contributed by atoms with Gasteiger partial charge in [0.15, 0.2) is 5.82 Å².